The minimum atomic E-state index is 0.120. The van der Waals surface area contributed by atoms with Crippen molar-refractivity contribution in [3.05, 3.63) is 35.4 Å². The molecule has 1 aromatic rings. The number of carbonyl (C=O) groups excluding carboxylic acids is 1. The molecule has 0 atom stereocenters. The minimum absolute atomic E-state index is 0.120. The number of ether oxygens (including phenoxy) is 1. The molecule has 0 aromatic heterocycles. The quantitative estimate of drug-likeness (QED) is 0.850. The van der Waals surface area contributed by atoms with Gasteiger partial charge in [-0.2, -0.15) is 0 Å². The Hall–Kier alpha value is -1.39. The van der Waals surface area contributed by atoms with Crippen LogP contribution in [0, 0.1) is 5.92 Å². The molecule has 0 saturated carbocycles. The minimum Gasteiger partial charge on any atom is -0.379 e. The molecule has 142 valence electrons. The summed E-state index contributed by atoms with van der Waals surface area (Å²) in [6.45, 7) is 15.7. The van der Waals surface area contributed by atoms with Crippen molar-refractivity contribution in [3.8, 4) is 0 Å². The molecule has 1 saturated heterocycles. The van der Waals surface area contributed by atoms with Gasteiger partial charge in [-0.25, -0.2) is 0 Å². The first-order chi connectivity index (χ1) is 11.9. The fourth-order valence-corrected chi connectivity index (χ4v) is 2.39. The van der Waals surface area contributed by atoms with Gasteiger partial charge < -0.3 is 10.1 Å². The van der Waals surface area contributed by atoms with Crippen molar-refractivity contribution in [2.24, 2.45) is 5.92 Å². The van der Waals surface area contributed by atoms with E-state index >= 15 is 0 Å². The van der Waals surface area contributed by atoms with Gasteiger partial charge in [-0.05, 0) is 23.0 Å². The van der Waals surface area contributed by atoms with E-state index in [1.165, 1.54) is 5.56 Å². The molecule has 1 fully saturated rings. The van der Waals surface area contributed by atoms with E-state index in [1.54, 1.807) is 0 Å². The largest absolute Gasteiger partial charge is 0.379 e. The van der Waals surface area contributed by atoms with Crippen LogP contribution in [0.2, 0.25) is 0 Å². The zero-order chi connectivity index (χ0) is 18.7. The van der Waals surface area contributed by atoms with Gasteiger partial charge in [-0.1, -0.05) is 58.9 Å². The molecule has 25 heavy (non-hydrogen) atoms. The van der Waals surface area contributed by atoms with Gasteiger partial charge in [-0.15, -0.1) is 0 Å². The molecular formula is C21H36N2O2. The summed E-state index contributed by atoms with van der Waals surface area (Å²) < 4.78 is 5.30. The van der Waals surface area contributed by atoms with Gasteiger partial charge in [-0.3, -0.25) is 9.69 Å². The van der Waals surface area contributed by atoms with Crippen LogP contribution in [0.5, 0.6) is 0 Å². The highest BCUT2D eigenvalue weighted by Gasteiger charge is 2.11. The molecule has 1 aromatic carbocycles. The fraction of sp³-hybridized carbons (Fsp3) is 0.667. The predicted octanol–water partition coefficient (Wildman–Crippen LogP) is 3.81. The summed E-state index contributed by atoms with van der Waals surface area (Å²) in [5.41, 5.74) is 2.48. The summed E-state index contributed by atoms with van der Waals surface area (Å²) in [5, 5.41) is 2.99. The molecule has 0 radical (unpaired) electrons. The number of benzene rings is 1. The number of nitrogens with zero attached hydrogens (tertiary/aromatic N) is 1. The Morgan fingerprint density at radius 2 is 1.64 bits per heavy atom. The van der Waals surface area contributed by atoms with E-state index in [2.05, 4.69) is 69.1 Å². The number of amides is 1. The lowest BCUT2D eigenvalue weighted by Crippen LogP contribution is -2.38. The van der Waals surface area contributed by atoms with Crippen LogP contribution in [0.15, 0.2) is 24.3 Å². The van der Waals surface area contributed by atoms with Gasteiger partial charge >= 0.3 is 0 Å². The third-order valence-electron chi connectivity index (χ3n) is 3.89. The van der Waals surface area contributed by atoms with E-state index < -0.39 is 0 Å². The van der Waals surface area contributed by atoms with Gasteiger partial charge in [0.2, 0.25) is 5.91 Å². The zero-order valence-corrected chi connectivity index (χ0v) is 16.7. The first kappa shape index (κ1) is 21.7. The second kappa shape index (κ2) is 12.0. The van der Waals surface area contributed by atoms with Crippen LogP contribution < -0.4 is 5.32 Å². The molecule has 0 unspecified atom stereocenters. The van der Waals surface area contributed by atoms with E-state index in [1.807, 2.05) is 0 Å². The normalized spacial score (nSPS) is 15.0. The van der Waals surface area contributed by atoms with Crippen LogP contribution in [0.3, 0.4) is 0 Å². The lowest BCUT2D eigenvalue weighted by Gasteiger charge is -2.26. The molecule has 1 aliphatic heterocycles. The van der Waals surface area contributed by atoms with Gasteiger partial charge in [0, 0.05) is 32.6 Å². The molecule has 1 aliphatic rings. The average molecular weight is 349 g/mol. The van der Waals surface area contributed by atoms with Crippen LogP contribution in [0.1, 0.15) is 58.1 Å². The molecule has 0 bridgehead atoms. The standard InChI is InChI=1S/C17H26N2O2.C4H10/c1-14(2)16-5-3-15(4-6-16)13-18-17(20)7-8-19-9-11-21-12-10-19;1-4(2)3/h3-6,14H,7-13H2,1-2H3,(H,18,20);4H,1-3H3. The van der Waals surface area contributed by atoms with Crippen molar-refractivity contribution >= 4 is 5.91 Å². The Labute approximate surface area is 153 Å². The van der Waals surface area contributed by atoms with Crippen molar-refractivity contribution < 1.29 is 9.53 Å². The molecule has 0 spiro atoms. The molecule has 2 rings (SSSR count). The first-order valence-corrected chi connectivity index (χ1v) is 9.54. The van der Waals surface area contributed by atoms with Gasteiger partial charge in [0.15, 0.2) is 0 Å². The Balaban J connectivity index is 0.000000705. The summed E-state index contributed by atoms with van der Waals surface area (Å²) in [7, 11) is 0. The highest BCUT2D eigenvalue weighted by Crippen LogP contribution is 2.14. The van der Waals surface area contributed by atoms with E-state index in [4.69, 9.17) is 4.74 Å². The van der Waals surface area contributed by atoms with Crippen LogP contribution in [-0.2, 0) is 16.1 Å². The predicted molar refractivity (Wildman–Crippen MR) is 105 cm³/mol. The van der Waals surface area contributed by atoms with Crippen molar-refractivity contribution in [1.82, 2.24) is 10.2 Å². The monoisotopic (exact) mass is 348 g/mol. The van der Waals surface area contributed by atoms with Crippen molar-refractivity contribution in [1.29, 1.82) is 0 Å². The second-order valence-corrected chi connectivity index (χ2v) is 7.61. The highest BCUT2D eigenvalue weighted by molar-refractivity contribution is 5.76. The number of morpholine rings is 1. The van der Waals surface area contributed by atoms with Gasteiger partial charge in [0.1, 0.15) is 0 Å². The topological polar surface area (TPSA) is 41.6 Å². The number of hydrogen-bond acceptors (Lipinski definition) is 3. The Kier molecular flexibility index (Phi) is 10.4. The van der Waals surface area contributed by atoms with Crippen molar-refractivity contribution in [3.63, 3.8) is 0 Å². The Bertz CT molecular complexity index is 474. The summed E-state index contributed by atoms with van der Waals surface area (Å²) in [4.78, 5) is 14.1. The zero-order valence-electron chi connectivity index (χ0n) is 16.7. The SMILES string of the molecule is CC(C)C.CC(C)c1ccc(CNC(=O)CCN2CCOCC2)cc1. The van der Waals surface area contributed by atoms with Crippen LogP contribution in [0.25, 0.3) is 0 Å². The number of carbonyl (C=O) groups is 1. The van der Waals surface area contributed by atoms with Crippen molar-refractivity contribution in [2.45, 2.75) is 53.5 Å². The molecule has 1 N–H and O–H groups in total. The van der Waals surface area contributed by atoms with Crippen LogP contribution in [-0.4, -0.2) is 43.7 Å². The molecule has 0 aliphatic carbocycles. The van der Waals surface area contributed by atoms with E-state index in [9.17, 15) is 4.79 Å². The number of nitrogens with one attached hydrogen (secondary N) is 1. The maximum atomic E-state index is 11.9. The lowest BCUT2D eigenvalue weighted by atomic mass is 10.0. The maximum Gasteiger partial charge on any atom is 0.221 e. The molecule has 4 heteroatoms. The summed E-state index contributed by atoms with van der Waals surface area (Å²) in [6.07, 6.45) is 0.560. The molecule has 1 amide bonds. The molecular weight excluding hydrogens is 312 g/mol. The smallest absolute Gasteiger partial charge is 0.221 e. The van der Waals surface area contributed by atoms with Gasteiger partial charge in [0.05, 0.1) is 13.2 Å². The molecule has 4 nitrogen and oxygen atoms in total. The number of rotatable bonds is 6. The fourth-order valence-electron chi connectivity index (χ4n) is 2.39. The maximum absolute atomic E-state index is 11.9. The summed E-state index contributed by atoms with van der Waals surface area (Å²) >= 11 is 0. The van der Waals surface area contributed by atoms with E-state index in [0.717, 1.165) is 44.3 Å². The van der Waals surface area contributed by atoms with E-state index in [0.29, 0.717) is 18.9 Å². The van der Waals surface area contributed by atoms with Crippen LogP contribution >= 0.6 is 0 Å². The summed E-state index contributed by atoms with van der Waals surface area (Å²) in [6, 6.07) is 8.47. The molecule has 1 heterocycles. The Morgan fingerprint density at radius 3 is 2.16 bits per heavy atom. The average Bonchev–Trinajstić information content (AvgIpc) is 2.59. The van der Waals surface area contributed by atoms with Crippen molar-refractivity contribution in [2.75, 3.05) is 32.8 Å². The summed E-state index contributed by atoms with van der Waals surface area (Å²) in [5.74, 6) is 1.50. The second-order valence-electron chi connectivity index (χ2n) is 7.61. The third kappa shape index (κ3) is 10.3. The Morgan fingerprint density at radius 1 is 1.08 bits per heavy atom. The first-order valence-electron chi connectivity index (χ1n) is 9.54. The number of hydrogen-bond donors (Lipinski definition) is 1. The lowest BCUT2D eigenvalue weighted by molar-refractivity contribution is -0.121. The van der Waals surface area contributed by atoms with E-state index in [-0.39, 0.29) is 5.91 Å². The third-order valence-corrected chi connectivity index (χ3v) is 3.89. The van der Waals surface area contributed by atoms with Crippen LogP contribution in [0.4, 0.5) is 0 Å². The highest BCUT2D eigenvalue weighted by atomic mass is 16.5. The van der Waals surface area contributed by atoms with Gasteiger partial charge in [0.25, 0.3) is 0 Å².